The largest absolute Gasteiger partial charge is 0.301 e. The molecule has 3 heterocycles. The standard InChI is InChI=1S/C13H20N6/c1-3-13(10-19-12-14-11-16-19)9-17(5-1)7-8-18-6-2-4-15-18/h2,4,6,11-13H,1,3,5,7-10H2. The Labute approximate surface area is 113 Å². The summed E-state index contributed by atoms with van der Waals surface area (Å²) >= 11 is 0. The highest BCUT2D eigenvalue weighted by atomic mass is 15.3. The van der Waals surface area contributed by atoms with E-state index in [2.05, 4.69) is 20.1 Å². The van der Waals surface area contributed by atoms with E-state index in [9.17, 15) is 0 Å². The molecule has 0 bridgehead atoms. The minimum absolute atomic E-state index is 0.688. The van der Waals surface area contributed by atoms with Gasteiger partial charge < -0.3 is 4.90 Å². The van der Waals surface area contributed by atoms with E-state index in [0.717, 1.165) is 26.2 Å². The van der Waals surface area contributed by atoms with Crippen molar-refractivity contribution in [1.82, 2.24) is 29.4 Å². The Kier molecular flexibility index (Phi) is 3.88. The lowest BCUT2D eigenvalue weighted by molar-refractivity contribution is 0.153. The molecule has 0 saturated carbocycles. The summed E-state index contributed by atoms with van der Waals surface area (Å²) in [5, 5.41) is 8.44. The molecule has 0 spiro atoms. The molecule has 6 heteroatoms. The third-order valence-electron chi connectivity index (χ3n) is 3.72. The summed E-state index contributed by atoms with van der Waals surface area (Å²) in [6, 6.07) is 1.98. The Balaban J connectivity index is 1.47. The fourth-order valence-corrected chi connectivity index (χ4v) is 2.77. The predicted molar refractivity (Wildman–Crippen MR) is 71.4 cm³/mol. The van der Waals surface area contributed by atoms with E-state index in [0.29, 0.717) is 5.92 Å². The molecule has 1 aliphatic rings. The quantitative estimate of drug-likeness (QED) is 0.801. The van der Waals surface area contributed by atoms with Crippen LogP contribution >= 0.6 is 0 Å². The number of rotatable bonds is 5. The molecule has 1 fully saturated rings. The fraction of sp³-hybridized carbons (Fsp3) is 0.615. The number of likely N-dealkylation sites (tertiary alicyclic amines) is 1. The van der Waals surface area contributed by atoms with Crippen molar-refractivity contribution >= 4 is 0 Å². The van der Waals surface area contributed by atoms with Crippen LogP contribution in [-0.2, 0) is 13.1 Å². The minimum Gasteiger partial charge on any atom is -0.301 e. The van der Waals surface area contributed by atoms with Crippen LogP contribution in [0.1, 0.15) is 12.8 Å². The first-order valence-electron chi connectivity index (χ1n) is 6.92. The second-order valence-electron chi connectivity index (χ2n) is 5.20. The van der Waals surface area contributed by atoms with Crippen LogP contribution in [0.3, 0.4) is 0 Å². The van der Waals surface area contributed by atoms with Crippen molar-refractivity contribution in [2.24, 2.45) is 5.92 Å². The van der Waals surface area contributed by atoms with Crippen molar-refractivity contribution in [3.63, 3.8) is 0 Å². The van der Waals surface area contributed by atoms with Gasteiger partial charge in [0.05, 0.1) is 6.54 Å². The number of hydrogen-bond acceptors (Lipinski definition) is 4. The van der Waals surface area contributed by atoms with Gasteiger partial charge in [-0.2, -0.15) is 10.2 Å². The number of aromatic nitrogens is 5. The van der Waals surface area contributed by atoms with Crippen molar-refractivity contribution in [1.29, 1.82) is 0 Å². The molecule has 1 saturated heterocycles. The van der Waals surface area contributed by atoms with Gasteiger partial charge in [-0.25, -0.2) is 4.98 Å². The number of hydrogen-bond donors (Lipinski definition) is 0. The average Bonchev–Trinajstić information content (AvgIpc) is 3.10. The van der Waals surface area contributed by atoms with Gasteiger partial charge in [0.25, 0.3) is 0 Å². The van der Waals surface area contributed by atoms with Crippen molar-refractivity contribution < 1.29 is 0 Å². The maximum Gasteiger partial charge on any atom is 0.137 e. The van der Waals surface area contributed by atoms with Gasteiger partial charge in [-0.05, 0) is 31.4 Å². The van der Waals surface area contributed by atoms with Crippen LogP contribution in [0.15, 0.2) is 31.1 Å². The lowest BCUT2D eigenvalue weighted by atomic mass is 9.98. The van der Waals surface area contributed by atoms with Gasteiger partial charge in [-0.15, -0.1) is 0 Å². The summed E-state index contributed by atoms with van der Waals surface area (Å²) < 4.78 is 3.95. The summed E-state index contributed by atoms with van der Waals surface area (Å²) in [6.07, 6.45) is 9.85. The van der Waals surface area contributed by atoms with Gasteiger partial charge in [-0.3, -0.25) is 9.36 Å². The molecule has 2 aromatic heterocycles. The summed E-state index contributed by atoms with van der Waals surface area (Å²) in [5.41, 5.74) is 0. The Hall–Kier alpha value is -1.69. The zero-order chi connectivity index (χ0) is 12.9. The van der Waals surface area contributed by atoms with Crippen LogP contribution in [0.25, 0.3) is 0 Å². The van der Waals surface area contributed by atoms with Crippen LogP contribution < -0.4 is 0 Å². The van der Waals surface area contributed by atoms with Gasteiger partial charge in [0, 0.05) is 32.0 Å². The molecule has 0 aliphatic carbocycles. The van der Waals surface area contributed by atoms with Gasteiger partial charge in [0.2, 0.25) is 0 Å². The predicted octanol–water partition coefficient (Wildman–Crippen LogP) is 0.887. The molecular formula is C13H20N6. The molecule has 6 nitrogen and oxygen atoms in total. The van der Waals surface area contributed by atoms with Crippen LogP contribution in [0, 0.1) is 5.92 Å². The molecule has 1 aliphatic heterocycles. The first-order chi connectivity index (χ1) is 9.40. The van der Waals surface area contributed by atoms with Gasteiger partial charge in [0.15, 0.2) is 0 Å². The number of nitrogens with zero attached hydrogens (tertiary/aromatic N) is 6. The highest BCUT2D eigenvalue weighted by molar-refractivity contribution is 4.79. The third kappa shape index (κ3) is 3.41. The van der Waals surface area contributed by atoms with Crippen molar-refractivity contribution in [3.8, 4) is 0 Å². The van der Waals surface area contributed by atoms with Crippen LogP contribution in [0.2, 0.25) is 0 Å². The monoisotopic (exact) mass is 260 g/mol. The Morgan fingerprint density at radius 2 is 2.16 bits per heavy atom. The normalized spacial score (nSPS) is 20.7. The molecule has 0 aromatic carbocycles. The van der Waals surface area contributed by atoms with Crippen LogP contribution in [0.4, 0.5) is 0 Å². The van der Waals surface area contributed by atoms with Crippen LogP contribution in [-0.4, -0.2) is 49.1 Å². The van der Waals surface area contributed by atoms with Gasteiger partial charge >= 0.3 is 0 Å². The minimum atomic E-state index is 0.688. The Morgan fingerprint density at radius 3 is 2.95 bits per heavy atom. The lowest BCUT2D eigenvalue weighted by Crippen LogP contribution is -2.38. The maximum atomic E-state index is 4.25. The van der Waals surface area contributed by atoms with E-state index in [4.69, 9.17) is 0 Å². The second-order valence-corrected chi connectivity index (χ2v) is 5.20. The first kappa shape index (κ1) is 12.3. The van der Waals surface area contributed by atoms with Crippen molar-refractivity contribution in [2.45, 2.75) is 25.9 Å². The summed E-state index contributed by atoms with van der Waals surface area (Å²) in [5.74, 6) is 0.688. The molecule has 0 N–H and O–H groups in total. The summed E-state index contributed by atoms with van der Waals surface area (Å²) in [6.45, 7) is 5.40. The molecule has 19 heavy (non-hydrogen) atoms. The Bertz CT molecular complexity index is 463. The molecule has 0 radical (unpaired) electrons. The van der Waals surface area contributed by atoms with Gasteiger partial charge in [0.1, 0.15) is 12.7 Å². The molecule has 0 amide bonds. The highest BCUT2D eigenvalue weighted by Crippen LogP contribution is 2.17. The molecule has 3 rings (SSSR count). The fourth-order valence-electron chi connectivity index (χ4n) is 2.77. The third-order valence-corrected chi connectivity index (χ3v) is 3.72. The molecule has 102 valence electrons. The topological polar surface area (TPSA) is 51.8 Å². The SMILES string of the molecule is c1cnn(CCN2CCCC(Cn3cncn3)C2)c1. The van der Waals surface area contributed by atoms with E-state index >= 15 is 0 Å². The summed E-state index contributed by atoms with van der Waals surface area (Å²) in [7, 11) is 0. The lowest BCUT2D eigenvalue weighted by Gasteiger charge is -2.32. The molecular weight excluding hydrogens is 240 g/mol. The average molecular weight is 260 g/mol. The van der Waals surface area contributed by atoms with E-state index in [1.165, 1.54) is 19.4 Å². The van der Waals surface area contributed by atoms with Crippen molar-refractivity contribution in [2.75, 3.05) is 19.6 Å². The number of piperidine rings is 1. The second kappa shape index (κ2) is 5.97. The molecule has 2 aromatic rings. The zero-order valence-corrected chi connectivity index (χ0v) is 11.1. The van der Waals surface area contributed by atoms with E-state index in [-0.39, 0.29) is 0 Å². The first-order valence-corrected chi connectivity index (χ1v) is 6.92. The van der Waals surface area contributed by atoms with E-state index in [1.807, 2.05) is 34.2 Å². The molecule has 1 atom stereocenters. The zero-order valence-electron chi connectivity index (χ0n) is 11.1. The highest BCUT2D eigenvalue weighted by Gasteiger charge is 2.20. The van der Waals surface area contributed by atoms with Crippen LogP contribution in [0.5, 0.6) is 0 Å². The smallest absolute Gasteiger partial charge is 0.137 e. The van der Waals surface area contributed by atoms with Crippen molar-refractivity contribution in [3.05, 3.63) is 31.1 Å². The maximum absolute atomic E-state index is 4.25. The summed E-state index contributed by atoms with van der Waals surface area (Å²) in [4.78, 5) is 6.54. The van der Waals surface area contributed by atoms with Gasteiger partial charge in [-0.1, -0.05) is 0 Å². The van der Waals surface area contributed by atoms with E-state index in [1.54, 1.807) is 6.33 Å². The Morgan fingerprint density at radius 1 is 1.16 bits per heavy atom. The molecule has 1 unspecified atom stereocenters. The van der Waals surface area contributed by atoms with E-state index < -0.39 is 0 Å².